The first-order valence-corrected chi connectivity index (χ1v) is 12.4. The third-order valence-corrected chi connectivity index (χ3v) is 7.47. The number of rotatable bonds is 6. The number of benzene rings is 1. The van der Waals surface area contributed by atoms with Crippen molar-refractivity contribution in [3.05, 3.63) is 59.2 Å². The van der Waals surface area contributed by atoms with Crippen LogP contribution in [0.2, 0.25) is 0 Å². The van der Waals surface area contributed by atoms with E-state index in [0.717, 1.165) is 50.2 Å². The van der Waals surface area contributed by atoms with Gasteiger partial charge in [-0.3, -0.25) is 14.6 Å². The third-order valence-electron chi connectivity index (χ3n) is 7.47. The van der Waals surface area contributed by atoms with Crippen molar-refractivity contribution in [2.45, 2.75) is 51.0 Å². The van der Waals surface area contributed by atoms with Crippen LogP contribution in [0, 0.1) is 6.92 Å². The van der Waals surface area contributed by atoms with E-state index in [0.29, 0.717) is 37.0 Å². The van der Waals surface area contributed by atoms with Gasteiger partial charge in [0.1, 0.15) is 6.33 Å². The van der Waals surface area contributed by atoms with Gasteiger partial charge in [0.05, 0.1) is 29.5 Å². The number of halogens is 3. The van der Waals surface area contributed by atoms with Crippen molar-refractivity contribution in [3.63, 3.8) is 0 Å². The van der Waals surface area contributed by atoms with Crippen LogP contribution in [0.1, 0.15) is 53.0 Å². The first-order chi connectivity index (χ1) is 17.2. The van der Waals surface area contributed by atoms with Gasteiger partial charge in [-0.15, -0.1) is 0 Å². The van der Waals surface area contributed by atoms with E-state index >= 15 is 0 Å². The fourth-order valence-corrected chi connectivity index (χ4v) is 5.44. The Labute approximate surface area is 210 Å². The number of hydrogen-bond donors (Lipinski definition) is 0. The topological polar surface area (TPSA) is 61.8 Å². The summed E-state index contributed by atoms with van der Waals surface area (Å²) in [7, 11) is 1.62. The molecule has 2 aliphatic heterocycles. The van der Waals surface area contributed by atoms with E-state index in [1.807, 2.05) is 11.8 Å². The first-order valence-electron chi connectivity index (χ1n) is 12.4. The fourth-order valence-electron chi connectivity index (χ4n) is 5.44. The van der Waals surface area contributed by atoms with E-state index in [9.17, 15) is 18.0 Å². The second kappa shape index (κ2) is 11.2. The van der Waals surface area contributed by atoms with Gasteiger partial charge >= 0.3 is 6.18 Å². The summed E-state index contributed by atoms with van der Waals surface area (Å²) >= 11 is 0. The average molecular weight is 506 g/mol. The minimum absolute atomic E-state index is 0.0105. The zero-order valence-electron chi connectivity index (χ0n) is 21.0. The van der Waals surface area contributed by atoms with Crippen LogP contribution in [0.25, 0.3) is 0 Å². The summed E-state index contributed by atoms with van der Waals surface area (Å²) in [5.74, 6) is -0.0105. The molecule has 0 bridgehead atoms. The lowest BCUT2D eigenvalue weighted by Crippen LogP contribution is -2.58. The molecule has 2 aromatic rings. The second-order valence-electron chi connectivity index (χ2n) is 9.72. The molecule has 1 unspecified atom stereocenters. The second-order valence-corrected chi connectivity index (χ2v) is 9.72. The molecule has 4 rings (SSSR count). The highest BCUT2D eigenvalue weighted by Crippen LogP contribution is 2.32. The molecular formula is C26H34F3N5O2. The van der Waals surface area contributed by atoms with Gasteiger partial charge in [0.2, 0.25) is 0 Å². The van der Waals surface area contributed by atoms with E-state index in [1.165, 1.54) is 6.33 Å². The van der Waals surface area contributed by atoms with Crippen LogP contribution in [0.4, 0.5) is 13.2 Å². The minimum Gasteiger partial charge on any atom is -0.383 e. The fraction of sp³-hybridized carbons (Fsp3) is 0.577. The van der Waals surface area contributed by atoms with Crippen molar-refractivity contribution >= 4 is 5.91 Å². The Bertz CT molecular complexity index is 1020. The van der Waals surface area contributed by atoms with Crippen LogP contribution < -0.4 is 0 Å². The zero-order chi connectivity index (χ0) is 25.9. The maximum atomic E-state index is 13.0. The van der Waals surface area contributed by atoms with E-state index in [1.54, 1.807) is 25.4 Å². The molecule has 0 saturated carbocycles. The SMILES string of the molecule is COCC(c1ccc(C(F)(F)F)cc1)N1CCN(C2CCN(C(=O)c3cncnc3C)CC2)C[C@@H]1C. The largest absolute Gasteiger partial charge is 0.416 e. The molecule has 36 heavy (non-hydrogen) atoms. The summed E-state index contributed by atoms with van der Waals surface area (Å²) in [6.45, 7) is 8.34. The number of methoxy groups -OCH3 is 1. The van der Waals surface area contributed by atoms with Crippen LogP contribution in [-0.2, 0) is 10.9 Å². The van der Waals surface area contributed by atoms with Crippen LogP contribution in [-0.4, -0.2) is 89.1 Å². The number of aryl methyl sites for hydroxylation is 1. The first kappa shape index (κ1) is 26.5. The molecule has 0 N–H and O–H groups in total. The van der Waals surface area contributed by atoms with E-state index in [4.69, 9.17) is 4.74 Å². The van der Waals surface area contributed by atoms with Gasteiger partial charge in [-0.25, -0.2) is 9.97 Å². The molecule has 3 heterocycles. The van der Waals surface area contributed by atoms with Crippen molar-refractivity contribution in [3.8, 4) is 0 Å². The maximum Gasteiger partial charge on any atom is 0.416 e. The normalized spacial score (nSPS) is 21.5. The predicted molar refractivity (Wildman–Crippen MR) is 129 cm³/mol. The van der Waals surface area contributed by atoms with Gasteiger partial charge < -0.3 is 9.64 Å². The number of nitrogens with zero attached hydrogens (tertiary/aromatic N) is 5. The van der Waals surface area contributed by atoms with E-state index in [-0.39, 0.29) is 18.0 Å². The van der Waals surface area contributed by atoms with Gasteiger partial charge in [-0.2, -0.15) is 13.2 Å². The number of carbonyl (C=O) groups is 1. The quantitative estimate of drug-likeness (QED) is 0.595. The van der Waals surface area contributed by atoms with Crippen molar-refractivity contribution in [2.24, 2.45) is 0 Å². The summed E-state index contributed by atoms with van der Waals surface area (Å²) in [6, 6.07) is 5.94. The van der Waals surface area contributed by atoms with Gasteiger partial charge in [-0.1, -0.05) is 12.1 Å². The van der Waals surface area contributed by atoms with Crippen LogP contribution >= 0.6 is 0 Å². The van der Waals surface area contributed by atoms with Gasteiger partial charge in [-0.05, 0) is 44.4 Å². The summed E-state index contributed by atoms with van der Waals surface area (Å²) < 4.78 is 44.5. The molecule has 0 radical (unpaired) electrons. The molecule has 7 nitrogen and oxygen atoms in total. The zero-order valence-corrected chi connectivity index (χ0v) is 21.0. The van der Waals surface area contributed by atoms with Crippen molar-refractivity contribution in [1.82, 2.24) is 24.7 Å². The lowest BCUT2D eigenvalue weighted by molar-refractivity contribution is -0.137. The molecule has 10 heteroatoms. The molecule has 1 aromatic carbocycles. The molecule has 2 saturated heterocycles. The molecule has 1 amide bonds. The Morgan fingerprint density at radius 2 is 1.83 bits per heavy atom. The lowest BCUT2D eigenvalue weighted by atomic mass is 9.97. The molecular weight excluding hydrogens is 471 g/mol. The van der Waals surface area contributed by atoms with Gasteiger partial charge in [0, 0.05) is 58.1 Å². The minimum atomic E-state index is -4.35. The molecule has 196 valence electrons. The predicted octanol–water partition coefficient (Wildman–Crippen LogP) is 3.80. The number of piperidine rings is 1. The van der Waals surface area contributed by atoms with Crippen LogP contribution in [0.3, 0.4) is 0 Å². The summed E-state index contributed by atoms with van der Waals surface area (Å²) in [5, 5.41) is 0. The number of piperazine rings is 1. The molecule has 0 aliphatic carbocycles. The molecule has 0 spiro atoms. The number of alkyl halides is 3. The molecule has 2 fully saturated rings. The van der Waals surface area contributed by atoms with E-state index in [2.05, 4.69) is 26.7 Å². The highest BCUT2D eigenvalue weighted by Gasteiger charge is 2.36. The number of amides is 1. The third kappa shape index (κ3) is 5.87. The average Bonchev–Trinajstić information content (AvgIpc) is 2.87. The molecule has 1 aromatic heterocycles. The number of aromatic nitrogens is 2. The number of likely N-dealkylation sites (tertiary alicyclic amines) is 1. The van der Waals surface area contributed by atoms with Crippen LogP contribution in [0.5, 0.6) is 0 Å². The summed E-state index contributed by atoms with van der Waals surface area (Å²) in [4.78, 5) is 27.7. The number of hydrogen-bond acceptors (Lipinski definition) is 6. The number of carbonyl (C=O) groups excluding carboxylic acids is 1. The Morgan fingerprint density at radius 1 is 1.14 bits per heavy atom. The van der Waals surface area contributed by atoms with Crippen molar-refractivity contribution < 1.29 is 22.7 Å². The lowest BCUT2D eigenvalue weighted by Gasteiger charge is -2.48. The molecule has 2 aliphatic rings. The van der Waals surface area contributed by atoms with Gasteiger partial charge in [0.25, 0.3) is 5.91 Å². The Kier molecular flexibility index (Phi) is 8.27. The van der Waals surface area contributed by atoms with Crippen molar-refractivity contribution in [1.29, 1.82) is 0 Å². The van der Waals surface area contributed by atoms with Crippen LogP contribution in [0.15, 0.2) is 36.8 Å². The smallest absolute Gasteiger partial charge is 0.383 e. The highest BCUT2D eigenvalue weighted by atomic mass is 19.4. The van der Waals surface area contributed by atoms with Gasteiger partial charge in [0.15, 0.2) is 0 Å². The molecule has 2 atom stereocenters. The Hall–Kier alpha value is -2.56. The maximum absolute atomic E-state index is 13.0. The standard InChI is InChI=1S/C26H34F3N5O2/c1-18-15-33(22-8-10-32(11-9-22)25(35)23-14-30-17-31-19(23)2)12-13-34(18)24(16-36-3)20-4-6-21(7-5-20)26(27,28)29/h4-7,14,17-18,22,24H,8-13,15-16H2,1-3H3/t18-,24?/m0/s1. The Morgan fingerprint density at radius 3 is 2.42 bits per heavy atom. The monoisotopic (exact) mass is 505 g/mol. The Balaban J connectivity index is 1.35. The number of ether oxygens (including phenoxy) is 1. The van der Waals surface area contributed by atoms with E-state index < -0.39 is 11.7 Å². The highest BCUT2D eigenvalue weighted by molar-refractivity contribution is 5.94. The van der Waals surface area contributed by atoms with Crippen molar-refractivity contribution in [2.75, 3.05) is 46.4 Å². The summed E-state index contributed by atoms with van der Waals surface area (Å²) in [6.07, 6.45) is 0.512. The summed E-state index contributed by atoms with van der Waals surface area (Å²) in [5.41, 5.74) is 1.45.